The summed E-state index contributed by atoms with van der Waals surface area (Å²) in [4.78, 5) is 16.0. The number of aromatic nitrogens is 4. The molecular formula is C15H17N5O2S. The van der Waals surface area contributed by atoms with Gasteiger partial charge in [0.2, 0.25) is 11.8 Å². The minimum Gasteiger partial charge on any atom is -0.356 e. The summed E-state index contributed by atoms with van der Waals surface area (Å²) in [5, 5.41) is 6.70. The first-order valence-electron chi connectivity index (χ1n) is 7.54. The monoisotopic (exact) mass is 331 g/mol. The van der Waals surface area contributed by atoms with Crippen molar-refractivity contribution in [3.05, 3.63) is 35.5 Å². The number of nitrogens with one attached hydrogen (secondary N) is 1. The number of carbonyl (C=O) groups is 1. The molecule has 0 fully saturated rings. The van der Waals surface area contributed by atoms with Gasteiger partial charge in [0, 0.05) is 6.54 Å². The maximum Gasteiger partial charge on any atom is 0.231 e. The van der Waals surface area contributed by atoms with E-state index in [4.69, 9.17) is 4.52 Å². The van der Waals surface area contributed by atoms with Crippen LogP contribution < -0.4 is 5.32 Å². The second-order valence-electron chi connectivity index (χ2n) is 5.21. The first kappa shape index (κ1) is 15.5. The van der Waals surface area contributed by atoms with E-state index in [2.05, 4.69) is 31.1 Å². The summed E-state index contributed by atoms with van der Waals surface area (Å²) < 4.78 is 13.7. The van der Waals surface area contributed by atoms with Gasteiger partial charge in [-0.05, 0) is 18.1 Å². The predicted octanol–water partition coefficient (Wildman–Crippen LogP) is 2.12. The molecule has 0 radical (unpaired) electrons. The molecule has 8 heteroatoms. The zero-order valence-corrected chi connectivity index (χ0v) is 13.6. The lowest BCUT2D eigenvalue weighted by Crippen LogP contribution is -2.26. The third kappa shape index (κ3) is 3.89. The number of unbranched alkanes of at least 4 members (excludes halogenated alkanes) is 1. The maximum absolute atomic E-state index is 11.7. The summed E-state index contributed by atoms with van der Waals surface area (Å²) in [6.45, 7) is 2.76. The lowest BCUT2D eigenvalue weighted by Gasteiger charge is -2.00. The van der Waals surface area contributed by atoms with E-state index in [9.17, 15) is 4.79 Å². The van der Waals surface area contributed by atoms with E-state index >= 15 is 0 Å². The molecule has 0 spiro atoms. The first-order valence-corrected chi connectivity index (χ1v) is 8.27. The van der Waals surface area contributed by atoms with Gasteiger partial charge >= 0.3 is 0 Å². The molecule has 3 rings (SSSR count). The van der Waals surface area contributed by atoms with Crippen LogP contribution in [0.3, 0.4) is 0 Å². The van der Waals surface area contributed by atoms with Gasteiger partial charge in [-0.15, -0.1) is 0 Å². The van der Waals surface area contributed by atoms with Crippen molar-refractivity contribution in [3.63, 3.8) is 0 Å². The third-order valence-electron chi connectivity index (χ3n) is 3.39. The molecule has 0 bridgehead atoms. The standard InChI is InChI=1S/C15H17N5O2S/c1-2-3-7-16-13(21)9-12-17-14(22-18-12)8-10-5-4-6-11-15(10)20-23-19-11/h4-6H,2-3,7-9H2,1H3,(H,16,21). The summed E-state index contributed by atoms with van der Waals surface area (Å²) >= 11 is 1.18. The van der Waals surface area contributed by atoms with Gasteiger partial charge in [0.05, 0.1) is 24.6 Å². The number of carbonyl (C=O) groups excluding carboxylic acids is 1. The topological polar surface area (TPSA) is 93.8 Å². The number of benzene rings is 1. The van der Waals surface area contributed by atoms with Crippen LogP contribution in [0.25, 0.3) is 11.0 Å². The van der Waals surface area contributed by atoms with E-state index in [1.165, 1.54) is 11.7 Å². The molecule has 1 amide bonds. The Labute approximate surface area is 137 Å². The fraction of sp³-hybridized carbons (Fsp3) is 0.400. The maximum atomic E-state index is 11.7. The van der Waals surface area contributed by atoms with E-state index in [1.54, 1.807) is 0 Å². The molecule has 0 unspecified atom stereocenters. The second kappa shape index (κ2) is 7.28. The Bertz CT molecular complexity index is 798. The minimum atomic E-state index is -0.0865. The van der Waals surface area contributed by atoms with Gasteiger partial charge in [-0.25, -0.2) is 0 Å². The lowest BCUT2D eigenvalue weighted by molar-refractivity contribution is -0.120. The highest BCUT2D eigenvalue weighted by Gasteiger charge is 2.13. The van der Waals surface area contributed by atoms with E-state index < -0.39 is 0 Å². The molecular weight excluding hydrogens is 314 g/mol. The van der Waals surface area contributed by atoms with E-state index in [0.29, 0.717) is 24.7 Å². The molecule has 0 saturated carbocycles. The van der Waals surface area contributed by atoms with Crippen LogP contribution in [0, 0.1) is 0 Å². The minimum absolute atomic E-state index is 0.0865. The van der Waals surface area contributed by atoms with E-state index in [0.717, 1.165) is 29.4 Å². The Morgan fingerprint density at radius 1 is 1.35 bits per heavy atom. The molecule has 0 aliphatic heterocycles. The van der Waals surface area contributed by atoms with Crippen molar-refractivity contribution >= 4 is 28.7 Å². The molecule has 3 aromatic rings. The van der Waals surface area contributed by atoms with Gasteiger partial charge in [-0.3, -0.25) is 4.79 Å². The third-order valence-corrected chi connectivity index (χ3v) is 3.94. The van der Waals surface area contributed by atoms with Crippen LogP contribution in [0.1, 0.15) is 37.0 Å². The zero-order chi connectivity index (χ0) is 16.1. The van der Waals surface area contributed by atoms with Crippen molar-refractivity contribution < 1.29 is 9.32 Å². The van der Waals surface area contributed by atoms with Crippen molar-refractivity contribution in [2.24, 2.45) is 0 Å². The average Bonchev–Trinajstić information content (AvgIpc) is 3.17. The van der Waals surface area contributed by atoms with Crippen LogP contribution in [0.2, 0.25) is 0 Å². The number of rotatable bonds is 7. The summed E-state index contributed by atoms with van der Waals surface area (Å²) in [5.74, 6) is 0.788. The van der Waals surface area contributed by atoms with Crippen molar-refractivity contribution in [1.82, 2.24) is 24.2 Å². The molecule has 2 heterocycles. The van der Waals surface area contributed by atoms with Gasteiger partial charge < -0.3 is 9.84 Å². The molecule has 0 aliphatic rings. The fourth-order valence-corrected chi connectivity index (χ4v) is 2.78. The Kier molecular flexibility index (Phi) is 4.92. The predicted molar refractivity (Wildman–Crippen MR) is 86.1 cm³/mol. The SMILES string of the molecule is CCCCNC(=O)Cc1noc(Cc2cccc3nsnc23)n1. The molecule has 23 heavy (non-hydrogen) atoms. The molecule has 1 N–H and O–H groups in total. The van der Waals surface area contributed by atoms with E-state index in [1.807, 2.05) is 18.2 Å². The number of amides is 1. The van der Waals surface area contributed by atoms with Gasteiger partial charge in [-0.2, -0.15) is 13.7 Å². The molecule has 0 aliphatic carbocycles. The molecule has 7 nitrogen and oxygen atoms in total. The highest BCUT2D eigenvalue weighted by molar-refractivity contribution is 7.00. The number of nitrogens with zero attached hydrogens (tertiary/aromatic N) is 4. The van der Waals surface area contributed by atoms with Gasteiger partial charge in [0.25, 0.3) is 0 Å². The van der Waals surface area contributed by atoms with Crippen molar-refractivity contribution in [1.29, 1.82) is 0 Å². The normalized spacial score (nSPS) is 11.0. The molecule has 120 valence electrons. The number of hydrogen-bond acceptors (Lipinski definition) is 7. The fourth-order valence-electron chi connectivity index (χ4n) is 2.21. The summed E-state index contributed by atoms with van der Waals surface area (Å²) in [5.41, 5.74) is 2.70. The van der Waals surface area contributed by atoms with Crippen LogP contribution >= 0.6 is 11.7 Å². The molecule has 2 aromatic heterocycles. The Hall–Kier alpha value is -2.35. The first-order chi connectivity index (χ1) is 11.3. The smallest absolute Gasteiger partial charge is 0.231 e. The van der Waals surface area contributed by atoms with E-state index in [-0.39, 0.29) is 12.3 Å². The summed E-state index contributed by atoms with van der Waals surface area (Å²) in [6, 6.07) is 5.81. The average molecular weight is 331 g/mol. The van der Waals surface area contributed by atoms with Crippen molar-refractivity contribution in [3.8, 4) is 0 Å². The largest absolute Gasteiger partial charge is 0.356 e. The number of fused-ring (bicyclic) bond motifs is 1. The van der Waals surface area contributed by atoms with Crippen LogP contribution in [0.15, 0.2) is 22.7 Å². The lowest BCUT2D eigenvalue weighted by atomic mass is 10.1. The second-order valence-corrected chi connectivity index (χ2v) is 5.74. The van der Waals surface area contributed by atoms with Crippen molar-refractivity contribution in [2.75, 3.05) is 6.54 Å². The Morgan fingerprint density at radius 3 is 3.13 bits per heavy atom. The number of hydrogen-bond donors (Lipinski definition) is 1. The molecule has 0 atom stereocenters. The van der Waals surface area contributed by atoms with Crippen LogP contribution in [0.4, 0.5) is 0 Å². The van der Waals surface area contributed by atoms with Gasteiger partial charge in [0.15, 0.2) is 5.82 Å². The molecule has 1 aromatic carbocycles. The zero-order valence-electron chi connectivity index (χ0n) is 12.8. The highest BCUT2D eigenvalue weighted by Crippen LogP contribution is 2.19. The summed E-state index contributed by atoms with van der Waals surface area (Å²) in [6.07, 6.45) is 2.63. The molecule has 0 saturated heterocycles. The Balaban J connectivity index is 1.63. The van der Waals surface area contributed by atoms with Crippen molar-refractivity contribution in [2.45, 2.75) is 32.6 Å². The highest BCUT2D eigenvalue weighted by atomic mass is 32.1. The van der Waals surface area contributed by atoms with Gasteiger partial charge in [0.1, 0.15) is 11.0 Å². The van der Waals surface area contributed by atoms with Crippen LogP contribution in [-0.4, -0.2) is 31.3 Å². The van der Waals surface area contributed by atoms with Crippen LogP contribution in [-0.2, 0) is 17.6 Å². The van der Waals surface area contributed by atoms with Crippen LogP contribution in [0.5, 0.6) is 0 Å². The Morgan fingerprint density at radius 2 is 2.26 bits per heavy atom. The quantitative estimate of drug-likeness (QED) is 0.667. The summed E-state index contributed by atoms with van der Waals surface area (Å²) in [7, 11) is 0. The van der Waals surface area contributed by atoms with Gasteiger partial charge in [-0.1, -0.05) is 30.6 Å².